The van der Waals surface area contributed by atoms with Crippen molar-refractivity contribution in [3.63, 3.8) is 0 Å². The van der Waals surface area contributed by atoms with Crippen LogP contribution in [0.2, 0.25) is 0 Å². The summed E-state index contributed by atoms with van der Waals surface area (Å²) in [5, 5.41) is 5.15. The van der Waals surface area contributed by atoms with Gasteiger partial charge in [-0.1, -0.05) is 67.6 Å². The molecular formula is C25H23N3O3S2. The largest absolute Gasteiger partial charge is 0.298 e. The minimum atomic E-state index is -3.69. The van der Waals surface area contributed by atoms with Crippen LogP contribution in [0.4, 0.5) is 5.13 Å². The van der Waals surface area contributed by atoms with E-state index in [2.05, 4.69) is 10.3 Å². The van der Waals surface area contributed by atoms with E-state index in [1.165, 1.54) is 39.9 Å². The molecule has 0 saturated carbocycles. The second-order valence-electron chi connectivity index (χ2n) is 7.30. The molecule has 0 atom stereocenters. The van der Waals surface area contributed by atoms with Gasteiger partial charge < -0.3 is 0 Å². The molecule has 4 rings (SSSR count). The zero-order valence-electron chi connectivity index (χ0n) is 18.0. The molecule has 0 spiro atoms. The third-order valence-electron chi connectivity index (χ3n) is 5.10. The van der Waals surface area contributed by atoms with Gasteiger partial charge in [-0.2, -0.15) is 4.31 Å². The molecule has 0 aliphatic carbocycles. The van der Waals surface area contributed by atoms with E-state index in [1.54, 1.807) is 6.92 Å². The lowest BCUT2D eigenvalue weighted by Gasteiger charge is -2.20. The Kier molecular flexibility index (Phi) is 6.98. The molecule has 33 heavy (non-hydrogen) atoms. The van der Waals surface area contributed by atoms with Crippen LogP contribution < -0.4 is 5.32 Å². The van der Waals surface area contributed by atoms with Crippen molar-refractivity contribution in [1.82, 2.24) is 9.29 Å². The minimum Gasteiger partial charge on any atom is -0.298 e. The van der Waals surface area contributed by atoms with E-state index in [0.717, 1.165) is 16.8 Å². The standard InChI is InChI=1S/C25H23N3O3S2/c1-2-28(17-19-9-5-3-6-10-19)33(30,31)22-15-13-21(14-16-22)24(29)27-25-26-23(18-32-25)20-11-7-4-8-12-20/h3-16,18H,2,17H2,1H3,(H,26,27,29). The Morgan fingerprint density at radius 1 is 0.939 bits per heavy atom. The zero-order chi connectivity index (χ0) is 23.3. The van der Waals surface area contributed by atoms with Gasteiger partial charge in [0.05, 0.1) is 10.6 Å². The molecule has 1 N–H and O–H groups in total. The van der Waals surface area contributed by atoms with Crippen molar-refractivity contribution < 1.29 is 13.2 Å². The molecule has 0 unspecified atom stereocenters. The van der Waals surface area contributed by atoms with Gasteiger partial charge in [0, 0.05) is 29.6 Å². The monoisotopic (exact) mass is 477 g/mol. The van der Waals surface area contributed by atoms with Gasteiger partial charge in [0.25, 0.3) is 5.91 Å². The Morgan fingerprint density at radius 3 is 2.21 bits per heavy atom. The zero-order valence-corrected chi connectivity index (χ0v) is 19.6. The molecule has 0 saturated heterocycles. The fourth-order valence-corrected chi connectivity index (χ4v) is 5.47. The molecule has 1 amide bonds. The van der Waals surface area contributed by atoms with E-state index in [0.29, 0.717) is 17.2 Å². The van der Waals surface area contributed by atoms with Crippen LogP contribution in [-0.4, -0.2) is 30.2 Å². The number of rotatable bonds is 8. The van der Waals surface area contributed by atoms with Gasteiger partial charge in [-0.25, -0.2) is 13.4 Å². The van der Waals surface area contributed by atoms with Crippen LogP contribution in [0.3, 0.4) is 0 Å². The summed E-state index contributed by atoms with van der Waals surface area (Å²) in [5.41, 5.74) is 3.03. The first-order valence-electron chi connectivity index (χ1n) is 10.4. The first-order chi connectivity index (χ1) is 16.0. The topological polar surface area (TPSA) is 79.4 Å². The van der Waals surface area contributed by atoms with Crippen LogP contribution in [0.5, 0.6) is 0 Å². The maximum Gasteiger partial charge on any atom is 0.257 e. The molecule has 168 valence electrons. The fourth-order valence-electron chi connectivity index (χ4n) is 3.32. The van der Waals surface area contributed by atoms with Crippen LogP contribution in [0.25, 0.3) is 11.3 Å². The summed E-state index contributed by atoms with van der Waals surface area (Å²) in [6, 6.07) is 25.1. The predicted molar refractivity (Wildman–Crippen MR) is 132 cm³/mol. The van der Waals surface area contributed by atoms with Gasteiger partial charge in [0.1, 0.15) is 0 Å². The first-order valence-corrected chi connectivity index (χ1v) is 12.8. The SMILES string of the molecule is CCN(Cc1ccccc1)S(=O)(=O)c1ccc(C(=O)Nc2nc(-c3ccccc3)cs2)cc1. The van der Waals surface area contributed by atoms with Crippen molar-refractivity contribution >= 4 is 32.4 Å². The highest BCUT2D eigenvalue weighted by atomic mass is 32.2. The highest BCUT2D eigenvalue weighted by Gasteiger charge is 2.23. The number of amides is 1. The number of aromatic nitrogens is 1. The van der Waals surface area contributed by atoms with Gasteiger partial charge in [0.2, 0.25) is 10.0 Å². The number of nitrogens with one attached hydrogen (secondary N) is 1. The lowest BCUT2D eigenvalue weighted by atomic mass is 10.2. The van der Waals surface area contributed by atoms with Gasteiger partial charge in [0.15, 0.2) is 5.13 Å². The number of carbonyl (C=O) groups is 1. The fraction of sp³-hybridized carbons (Fsp3) is 0.120. The van der Waals surface area contributed by atoms with Crippen molar-refractivity contribution in [1.29, 1.82) is 0 Å². The Bertz CT molecular complexity index is 1320. The molecule has 3 aromatic carbocycles. The van der Waals surface area contributed by atoms with Crippen molar-refractivity contribution in [3.05, 3.63) is 101 Å². The van der Waals surface area contributed by atoms with Crippen LogP contribution >= 0.6 is 11.3 Å². The lowest BCUT2D eigenvalue weighted by molar-refractivity contribution is 0.102. The van der Waals surface area contributed by atoms with E-state index in [4.69, 9.17) is 0 Å². The van der Waals surface area contributed by atoms with Gasteiger partial charge in [-0.05, 0) is 29.8 Å². The predicted octanol–water partition coefficient (Wildman–Crippen LogP) is 5.27. The second-order valence-corrected chi connectivity index (χ2v) is 10.1. The summed E-state index contributed by atoms with van der Waals surface area (Å²) in [6.07, 6.45) is 0. The number of sulfonamides is 1. The average molecular weight is 478 g/mol. The third-order valence-corrected chi connectivity index (χ3v) is 7.80. The van der Waals surface area contributed by atoms with E-state index in [9.17, 15) is 13.2 Å². The molecule has 1 heterocycles. The summed E-state index contributed by atoms with van der Waals surface area (Å²) in [4.78, 5) is 17.3. The van der Waals surface area contributed by atoms with Crippen LogP contribution in [0.15, 0.2) is 95.2 Å². The molecule has 0 aliphatic heterocycles. The maximum absolute atomic E-state index is 13.1. The van der Waals surface area contributed by atoms with Crippen LogP contribution in [0.1, 0.15) is 22.8 Å². The number of carbonyl (C=O) groups excluding carboxylic acids is 1. The summed E-state index contributed by atoms with van der Waals surface area (Å²) in [7, 11) is -3.69. The first kappa shape index (κ1) is 22.8. The summed E-state index contributed by atoms with van der Waals surface area (Å²) in [6.45, 7) is 2.43. The normalized spacial score (nSPS) is 11.5. The minimum absolute atomic E-state index is 0.150. The quantitative estimate of drug-likeness (QED) is 0.375. The molecule has 4 aromatic rings. The van der Waals surface area contributed by atoms with E-state index in [1.807, 2.05) is 66.0 Å². The van der Waals surface area contributed by atoms with Crippen molar-refractivity contribution in [2.45, 2.75) is 18.4 Å². The maximum atomic E-state index is 13.1. The molecular weight excluding hydrogens is 454 g/mol. The van der Waals surface area contributed by atoms with Crippen molar-refractivity contribution in [2.75, 3.05) is 11.9 Å². The number of anilines is 1. The summed E-state index contributed by atoms with van der Waals surface area (Å²) >= 11 is 1.34. The lowest BCUT2D eigenvalue weighted by Crippen LogP contribution is -2.30. The Balaban J connectivity index is 1.46. The van der Waals surface area contributed by atoms with E-state index in [-0.39, 0.29) is 17.3 Å². The molecule has 0 radical (unpaired) electrons. The highest BCUT2D eigenvalue weighted by molar-refractivity contribution is 7.89. The summed E-state index contributed by atoms with van der Waals surface area (Å²) < 4.78 is 27.6. The van der Waals surface area contributed by atoms with Gasteiger partial charge in [-0.3, -0.25) is 10.1 Å². The summed E-state index contributed by atoms with van der Waals surface area (Å²) in [5.74, 6) is -0.343. The average Bonchev–Trinajstić information content (AvgIpc) is 3.32. The smallest absolute Gasteiger partial charge is 0.257 e. The van der Waals surface area contributed by atoms with Crippen molar-refractivity contribution in [2.24, 2.45) is 0 Å². The number of nitrogens with zero attached hydrogens (tertiary/aromatic N) is 2. The molecule has 1 aromatic heterocycles. The molecule has 0 aliphatic rings. The third kappa shape index (κ3) is 5.36. The highest BCUT2D eigenvalue weighted by Crippen LogP contribution is 2.25. The molecule has 0 fully saturated rings. The second kappa shape index (κ2) is 10.1. The van der Waals surface area contributed by atoms with Crippen LogP contribution in [0, 0.1) is 0 Å². The Labute approximate surface area is 197 Å². The molecule has 8 heteroatoms. The Morgan fingerprint density at radius 2 is 1.58 bits per heavy atom. The Hall–Kier alpha value is -3.33. The number of hydrogen-bond donors (Lipinski definition) is 1. The molecule has 0 bridgehead atoms. The van der Waals surface area contributed by atoms with Crippen LogP contribution in [-0.2, 0) is 16.6 Å². The van der Waals surface area contributed by atoms with Gasteiger partial charge in [-0.15, -0.1) is 11.3 Å². The van der Waals surface area contributed by atoms with Gasteiger partial charge >= 0.3 is 0 Å². The number of benzene rings is 3. The van der Waals surface area contributed by atoms with E-state index < -0.39 is 10.0 Å². The van der Waals surface area contributed by atoms with Crippen molar-refractivity contribution in [3.8, 4) is 11.3 Å². The van der Waals surface area contributed by atoms with E-state index >= 15 is 0 Å². The molecule has 6 nitrogen and oxygen atoms in total. The number of thiazole rings is 1. The number of hydrogen-bond acceptors (Lipinski definition) is 5.